The molecule has 0 aliphatic carbocycles. The lowest BCUT2D eigenvalue weighted by Crippen LogP contribution is -2.30. The summed E-state index contributed by atoms with van der Waals surface area (Å²) in [6, 6.07) is 23.8. The Morgan fingerprint density at radius 3 is 2.51 bits per heavy atom. The highest BCUT2D eigenvalue weighted by atomic mass is 79.9. The Bertz CT molecular complexity index is 1530. The number of rotatable bonds is 7. The van der Waals surface area contributed by atoms with Gasteiger partial charge in [-0.25, -0.2) is 9.69 Å². The van der Waals surface area contributed by atoms with Crippen molar-refractivity contribution in [1.29, 1.82) is 0 Å². The van der Waals surface area contributed by atoms with Crippen molar-refractivity contribution in [2.24, 2.45) is 0 Å². The van der Waals surface area contributed by atoms with Crippen molar-refractivity contribution in [3.8, 4) is 11.5 Å². The zero-order valence-corrected chi connectivity index (χ0v) is 22.2. The number of imide groups is 1. The Morgan fingerprint density at radius 1 is 0.973 bits per heavy atom. The number of nitrogens with one attached hydrogen (secondary N) is 1. The maximum Gasteiger partial charge on any atom is 0.333 e. The summed E-state index contributed by atoms with van der Waals surface area (Å²) in [5.41, 5.74) is 2.30. The second-order valence-corrected chi connectivity index (χ2v) is 9.59. The molecule has 1 fully saturated rings. The minimum atomic E-state index is -0.530. The second kappa shape index (κ2) is 10.7. The minimum absolute atomic E-state index is 0.152. The molecule has 6 nitrogen and oxygen atoms in total. The first-order valence-corrected chi connectivity index (χ1v) is 12.8. The molecule has 3 amide bonds. The number of anilines is 1. The van der Waals surface area contributed by atoms with Gasteiger partial charge in [-0.05, 0) is 87.2 Å². The topological polar surface area (TPSA) is 67.9 Å². The van der Waals surface area contributed by atoms with Crippen LogP contribution < -0.4 is 19.7 Å². The molecule has 0 bridgehead atoms. The first-order valence-electron chi connectivity index (χ1n) is 11.6. The van der Waals surface area contributed by atoms with Crippen LogP contribution in [0, 0.1) is 0 Å². The van der Waals surface area contributed by atoms with Gasteiger partial charge in [0.2, 0.25) is 0 Å². The lowest BCUT2D eigenvalue weighted by Gasteiger charge is -2.16. The van der Waals surface area contributed by atoms with Gasteiger partial charge in [0.25, 0.3) is 5.91 Å². The molecule has 1 aliphatic rings. The van der Waals surface area contributed by atoms with Crippen LogP contribution in [-0.4, -0.2) is 18.5 Å². The molecule has 5 rings (SSSR count). The summed E-state index contributed by atoms with van der Waals surface area (Å²) >= 11 is 9.53. The lowest BCUT2D eigenvalue weighted by atomic mass is 10.1. The minimum Gasteiger partial charge on any atom is -0.490 e. The molecule has 0 atom stereocenters. The van der Waals surface area contributed by atoms with E-state index in [9.17, 15) is 9.59 Å². The number of amides is 3. The Morgan fingerprint density at radius 2 is 1.73 bits per heavy atom. The number of halogens is 2. The fourth-order valence-corrected chi connectivity index (χ4v) is 4.87. The predicted molar refractivity (Wildman–Crippen MR) is 149 cm³/mol. The van der Waals surface area contributed by atoms with E-state index in [1.54, 1.807) is 36.4 Å². The van der Waals surface area contributed by atoms with Crippen LogP contribution in [-0.2, 0) is 11.4 Å². The molecule has 8 heteroatoms. The van der Waals surface area contributed by atoms with Gasteiger partial charge in [-0.3, -0.25) is 4.79 Å². The molecule has 1 heterocycles. The van der Waals surface area contributed by atoms with Crippen LogP contribution in [0.25, 0.3) is 16.8 Å². The van der Waals surface area contributed by atoms with Crippen LogP contribution in [0.15, 0.2) is 89.0 Å². The normalized spacial score (nSPS) is 14.4. The number of benzene rings is 4. The highest BCUT2D eigenvalue weighted by Crippen LogP contribution is 2.38. The summed E-state index contributed by atoms with van der Waals surface area (Å²) in [6.45, 7) is 2.67. The predicted octanol–water partition coefficient (Wildman–Crippen LogP) is 7.33. The third-order valence-corrected chi connectivity index (χ3v) is 6.70. The number of nitrogens with zero attached hydrogens (tertiary/aromatic N) is 1. The van der Waals surface area contributed by atoms with Crippen molar-refractivity contribution in [2.75, 3.05) is 11.5 Å². The summed E-state index contributed by atoms with van der Waals surface area (Å²) in [6.07, 6.45) is 1.61. The Balaban J connectivity index is 1.42. The van der Waals surface area contributed by atoms with Gasteiger partial charge in [0.05, 0.1) is 16.8 Å². The number of fused-ring (bicyclic) bond motifs is 1. The van der Waals surface area contributed by atoms with Crippen molar-refractivity contribution in [3.63, 3.8) is 0 Å². The van der Waals surface area contributed by atoms with Gasteiger partial charge in [0.1, 0.15) is 12.3 Å². The number of hydrogen-bond donors (Lipinski definition) is 1. The Kier molecular flexibility index (Phi) is 7.17. The molecule has 1 saturated heterocycles. The smallest absolute Gasteiger partial charge is 0.333 e. The van der Waals surface area contributed by atoms with Crippen molar-refractivity contribution >= 4 is 62.0 Å². The molecule has 186 valence electrons. The zero-order chi connectivity index (χ0) is 25.9. The Labute approximate surface area is 227 Å². The van der Waals surface area contributed by atoms with Crippen molar-refractivity contribution in [3.05, 3.63) is 105 Å². The van der Waals surface area contributed by atoms with Crippen LogP contribution in [0.1, 0.15) is 18.1 Å². The largest absolute Gasteiger partial charge is 0.490 e. The Hall–Kier alpha value is -3.81. The lowest BCUT2D eigenvalue weighted by molar-refractivity contribution is -0.113. The number of carbonyl (C=O) groups excluding carboxylic acids is 2. The molecular weight excluding hydrogens is 556 g/mol. The van der Waals surface area contributed by atoms with Crippen molar-refractivity contribution in [1.82, 2.24) is 5.32 Å². The van der Waals surface area contributed by atoms with E-state index >= 15 is 0 Å². The van der Waals surface area contributed by atoms with Gasteiger partial charge in [0.15, 0.2) is 11.5 Å². The van der Waals surface area contributed by atoms with Crippen LogP contribution >= 0.6 is 27.5 Å². The van der Waals surface area contributed by atoms with E-state index in [0.29, 0.717) is 45.5 Å². The number of hydrogen-bond acceptors (Lipinski definition) is 4. The molecule has 37 heavy (non-hydrogen) atoms. The van der Waals surface area contributed by atoms with Crippen LogP contribution in [0.4, 0.5) is 10.5 Å². The number of carbonyl (C=O) groups is 2. The fourth-order valence-electron chi connectivity index (χ4n) is 4.17. The summed E-state index contributed by atoms with van der Waals surface area (Å²) in [5, 5.41) is 5.43. The van der Waals surface area contributed by atoms with E-state index in [1.807, 2.05) is 37.3 Å². The highest BCUT2D eigenvalue weighted by Gasteiger charge is 2.35. The van der Waals surface area contributed by atoms with E-state index in [4.69, 9.17) is 21.1 Å². The van der Waals surface area contributed by atoms with Gasteiger partial charge in [-0.15, -0.1) is 0 Å². The van der Waals surface area contributed by atoms with Gasteiger partial charge >= 0.3 is 6.03 Å². The molecule has 4 aromatic rings. The second-order valence-electron chi connectivity index (χ2n) is 8.30. The van der Waals surface area contributed by atoms with E-state index in [0.717, 1.165) is 21.2 Å². The van der Waals surface area contributed by atoms with Crippen molar-refractivity contribution < 1.29 is 19.1 Å². The van der Waals surface area contributed by atoms with Gasteiger partial charge in [-0.2, -0.15) is 0 Å². The molecule has 0 radical (unpaired) electrons. The molecule has 4 aromatic carbocycles. The first-order chi connectivity index (χ1) is 17.9. The third-order valence-electron chi connectivity index (χ3n) is 5.86. The fraction of sp³-hybridized carbons (Fsp3) is 0.103. The van der Waals surface area contributed by atoms with E-state index in [-0.39, 0.29) is 5.70 Å². The maximum atomic E-state index is 13.0. The summed E-state index contributed by atoms with van der Waals surface area (Å²) in [7, 11) is 0. The molecule has 0 aromatic heterocycles. The standard InChI is InChI=1S/C29H22BrClN2O4/c1-2-36-26-16-18(15-25-28(34)33(29(35)32-25)22-12-10-21(31)11-13-22)14-24(30)27(26)37-17-20-8-5-7-19-6-3-4-9-23(19)20/h3-16H,2,17H2,1H3,(H,32,35)/b25-15+. The highest BCUT2D eigenvalue weighted by molar-refractivity contribution is 9.10. The van der Waals surface area contributed by atoms with E-state index in [1.165, 1.54) is 0 Å². The maximum absolute atomic E-state index is 13.0. The van der Waals surface area contributed by atoms with Crippen LogP contribution in [0.3, 0.4) is 0 Å². The number of ether oxygens (including phenoxy) is 2. The molecule has 0 unspecified atom stereocenters. The van der Waals surface area contributed by atoms with Crippen molar-refractivity contribution in [2.45, 2.75) is 13.5 Å². The third kappa shape index (κ3) is 5.19. The summed E-state index contributed by atoms with van der Waals surface area (Å²) in [5.74, 6) is 0.620. The van der Waals surface area contributed by atoms with E-state index < -0.39 is 11.9 Å². The first kappa shape index (κ1) is 24.9. The zero-order valence-electron chi connectivity index (χ0n) is 19.8. The van der Waals surface area contributed by atoms with E-state index in [2.05, 4.69) is 39.4 Å². The SMILES string of the molecule is CCOc1cc(/C=C2/NC(=O)N(c3ccc(Cl)cc3)C2=O)cc(Br)c1OCc1cccc2ccccc12. The summed E-state index contributed by atoms with van der Waals surface area (Å²) < 4.78 is 12.7. The quantitative estimate of drug-likeness (QED) is 0.184. The van der Waals surface area contributed by atoms with Crippen LogP contribution in [0.5, 0.6) is 11.5 Å². The van der Waals surface area contributed by atoms with Crippen LogP contribution in [0.2, 0.25) is 5.02 Å². The van der Waals surface area contributed by atoms with Gasteiger partial charge in [0, 0.05) is 5.02 Å². The molecule has 0 saturated carbocycles. The van der Waals surface area contributed by atoms with Gasteiger partial charge in [-0.1, -0.05) is 54.1 Å². The summed E-state index contributed by atoms with van der Waals surface area (Å²) in [4.78, 5) is 26.6. The number of urea groups is 1. The monoisotopic (exact) mass is 576 g/mol. The molecular formula is C29H22BrClN2O4. The average molecular weight is 578 g/mol. The molecule has 1 N–H and O–H groups in total. The molecule has 1 aliphatic heterocycles. The molecule has 0 spiro atoms. The van der Waals surface area contributed by atoms with Gasteiger partial charge < -0.3 is 14.8 Å². The average Bonchev–Trinajstić information content (AvgIpc) is 3.16.